The van der Waals surface area contributed by atoms with E-state index in [9.17, 15) is 13.2 Å². The first-order valence-electron chi connectivity index (χ1n) is 6.50. The van der Waals surface area contributed by atoms with Gasteiger partial charge in [0.05, 0.1) is 14.9 Å². The number of carbonyl (C=O) groups is 1. The maximum absolute atomic E-state index is 11.9. The largest absolute Gasteiger partial charge is 0.322 e. The molecule has 0 fully saturated rings. The molecule has 2 aromatic carbocycles. The van der Waals surface area contributed by atoms with Gasteiger partial charge in [-0.3, -0.25) is 4.79 Å². The summed E-state index contributed by atoms with van der Waals surface area (Å²) in [5.74, 6) is -0.387. The Morgan fingerprint density at radius 2 is 1.83 bits per heavy atom. The Morgan fingerprint density at radius 1 is 1.09 bits per heavy atom. The number of anilines is 1. The molecule has 0 aliphatic heterocycles. The fraction of sp³-hybridized carbons (Fsp3) is 0.0625. The third-order valence-corrected chi connectivity index (χ3v) is 4.75. The lowest BCUT2D eigenvalue weighted by Gasteiger charge is -2.04. The molecule has 1 N–H and O–H groups in total. The quantitative estimate of drug-likeness (QED) is 0.826. The molecule has 0 aromatic heterocycles. The van der Waals surface area contributed by atoms with Gasteiger partial charge in [0.25, 0.3) is 0 Å². The monoisotopic (exact) mass is 369 g/mol. The number of rotatable bonds is 4. The Morgan fingerprint density at radius 3 is 2.48 bits per heavy atom. The van der Waals surface area contributed by atoms with Gasteiger partial charge in [-0.15, -0.1) is 0 Å². The number of hydrogen-bond donors (Lipinski definition) is 1. The second-order valence-corrected chi connectivity index (χ2v) is 7.63. The van der Waals surface area contributed by atoms with Crippen LogP contribution in [0, 0.1) is 0 Å². The fourth-order valence-electron chi connectivity index (χ4n) is 1.78. The van der Waals surface area contributed by atoms with Crippen molar-refractivity contribution in [3.05, 3.63) is 64.1 Å². The molecule has 0 unspecified atom stereocenters. The molecule has 0 radical (unpaired) electrons. The maximum Gasteiger partial charge on any atom is 0.248 e. The molecular formula is C16H13Cl2NO3S. The van der Waals surface area contributed by atoms with Crippen LogP contribution in [0.1, 0.15) is 5.56 Å². The van der Waals surface area contributed by atoms with Crippen molar-refractivity contribution >= 4 is 50.7 Å². The van der Waals surface area contributed by atoms with Gasteiger partial charge in [0.15, 0.2) is 9.84 Å². The molecule has 7 heteroatoms. The lowest BCUT2D eigenvalue weighted by atomic mass is 10.2. The summed E-state index contributed by atoms with van der Waals surface area (Å²) in [6.45, 7) is 0. The first kappa shape index (κ1) is 17.5. The number of amides is 1. The molecule has 23 heavy (non-hydrogen) atoms. The summed E-state index contributed by atoms with van der Waals surface area (Å²) in [4.78, 5) is 12.0. The van der Waals surface area contributed by atoms with E-state index in [4.69, 9.17) is 23.2 Å². The third-order valence-electron chi connectivity index (χ3n) is 2.90. The van der Waals surface area contributed by atoms with Gasteiger partial charge in [-0.05, 0) is 42.0 Å². The summed E-state index contributed by atoms with van der Waals surface area (Å²) in [6, 6.07) is 11.0. The van der Waals surface area contributed by atoms with E-state index in [1.807, 2.05) is 0 Å². The molecule has 0 heterocycles. The average molecular weight is 370 g/mol. The van der Waals surface area contributed by atoms with Crippen LogP contribution in [0.2, 0.25) is 10.0 Å². The molecule has 0 atom stereocenters. The van der Waals surface area contributed by atoms with Gasteiger partial charge in [-0.1, -0.05) is 35.3 Å². The Hall–Kier alpha value is -1.82. The Balaban J connectivity index is 2.10. The molecule has 2 rings (SSSR count). The molecule has 0 aliphatic rings. The van der Waals surface area contributed by atoms with Crippen LogP contribution >= 0.6 is 23.2 Å². The number of carbonyl (C=O) groups excluding carboxylic acids is 1. The van der Waals surface area contributed by atoms with E-state index < -0.39 is 9.84 Å². The van der Waals surface area contributed by atoms with Crippen molar-refractivity contribution in [1.82, 2.24) is 0 Å². The standard InChI is InChI=1S/C16H13Cl2NO3S/c1-23(21,22)13-4-2-3-12(10-13)19-16(20)8-6-11-5-7-14(17)15(18)9-11/h2-10H,1H3,(H,19,20)/b8-6+. The molecule has 0 saturated heterocycles. The Kier molecular flexibility index (Phi) is 5.46. The molecule has 4 nitrogen and oxygen atoms in total. The predicted octanol–water partition coefficient (Wildman–Crippen LogP) is 4.05. The van der Waals surface area contributed by atoms with Crippen molar-refractivity contribution in [2.24, 2.45) is 0 Å². The zero-order valence-electron chi connectivity index (χ0n) is 12.1. The second kappa shape index (κ2) is 7.17. The highest BCUT2D eigenvalue weighted by Crippen LogP contribution is 2.23. The first-order chi connectivity index (χ1) is 10.8. The molecule has 2 aromatic rings. The highest BCUT2D eigenvalue weighted by molar-refractivity contribution is 7.90. The molecule has 0 saturated carbocycles. The van der Waals surface area contributed by atoms with Crippen LogP contribution in [-0.4, -0.2) is 20.6 Å². The normalized spacial score (nSPS) is 11.6. The summed E-state index contributed by atoms with van der Waals surface area (Å²) < 4.78 is 23.0. The third kappa shape index (κ3) is 5.10. The molecule has 0 bridgehead atoms. The average Bonchev–Trinajstić information content (AvgIpc) is 2.48. The number of sulfone groups is 1. The van der Waals surface area contributed by atoms with Gasteiger partial charge in [0.2, 0.25) is 5.91 Å². The Labute approximate surface area is 144 Å². The van der Waals surface area contributed by atoms with Crippen LogP contribution in [0.15, 0.2) is 53.4 Å². The van der Waals surface area contributed by atoms with E-state index >= 15 is 0 Å². The van der Waals surface area contributed by atoms with E-state index in [0.717, 1.165) is 11.8 Å². The molecule has 0 aliphatic carbocycles. The van der Waals surface area contributed by atoms with Gasteiger partial charge < -0.3 is 5.32 Å². The van der Waals surface area contributed by atoms with Crippen LogP contribution in [0.5, 0.6) is 0 Å². The SMILES string of the molecule is CS(=O)(=O)c1cccc(NC(=O)/C=C/c2ccc(Cl)c(Cl)c2)c1. The number of benzene rings is 2. The van der Waals surface area contributed by atoms with Gasteiger partial charge >= 0.3 is 0 Å². The van der Waals surface area contributed by atoms with Crippen LogP contribution < -0.4 is 5.32 Å². The van der Waals surface area contributed by atoms with E-state index in [2.05, 4.69) is 5.32 Å². The van der Waals surface area contributed by atoms with Crippen molar-refractivity contribution in [2.75, 3.05) is 11.6 Å². The van der Waals surface area contributed by atoms with Gasteiger partial charge in [-0.2, -0.15) is 0 Å². The smallest absolute Gasteiger partial charge is 0.248 e. The molecule has 0 spiro atoms. The topological polar surface area (TPSA) is 63.2 Å². The van der Waals surface area contributed by atoms with Crippen LogP contribution in [0.4, 0.5) is 5.69 Å². The fourth-order valence-corrected chi connectivity index (χ4v) is 2.75. The van der Waals surface area contributed by atoms with Gasteiger partial charge in [-0.25, -0.2) is 8.42 Å². The van der Waals surface area contributed by atoms with Crippen molar-refractivity contribution in [1.29, 1.82) is 0 Å². The van der Waals surface area contributed by atoms with Gasteiger partial charge in [0.1, 0.15) is 0 Å². The van der Waals surface area contributed by atoms with E-state index in [1.54, 1.807) is 36.4 Å². The van der Waals surface area contributed by atoms with Crippen molar-refractivity contribution in [3.63, 3.8) is 0 Å². The van der Waals surface area contributed by atoms with Crippen molar-refractivity contribution < 1.29 is 13.2 Å². The van der Waals surface area contributed by atoms with Crippen molar-refractivity contribution in [3.8, 4) is 0 Å². The minimum Gasteiger partial charge on any atom is -0.322 e. The zero-order chi connectivity index (χ0) is 17.0. The van der Waals surface area contributed by atoms with Gasteiger partial charge in [0, 0.05) is 18.0 Å². The zero-order valence-corrected chi connectivity index (χ0v) is 14.4. The minimum absolute atomic E-state index is 0.142. The van der Waals surface area contributed by atoms with Crippen LogP contribution in [0.25, 0.3) is 6.08 Å². The number of halogens is 2. The first-order valence-corrected chi connectivity index (χ1v) is 9.15. The number of nitrogens with one attached hydrogen (secondary N) is 1. The predicted molar refractivity (Wildman–Crippen MR) is 93.7 cm³/mol. The summed E-state index contributed by atoms with van der Waals surface area (Å²) in [6.07, 6.45) is 4.02. The molecular weight excluding hydrogens is 357 g/mol. The molecule has 120 valence electrons. The maximum atomic E-state index is 11.9. The summed E-state index contributed by atoms with van der Waals surface area (Å²) in [5, 5.41) is 3.44. The van der Waals surface area contributed by atoms with Crippen molar-refractivity contribution in [2.45, 2.75) is 4.90 Å². The lowest BCUT2D eigenvalue weighted by Crippen LogP contribution is -2.08. The Bertz CT molecular complexity index is 877. The van der Waals surface area contributed by atoms with E-state index in [1.165, 1.54) is 18.2 Å². The highest BCUT2D eigenvalue weighted by Gasteiger charge is 2.08. The minimum atomic E-state index is -3.32. The van der Waals surface area contributed by atoms with E-state index in [-0.39, 0.29) is 10.8 Å². The van der Waals surface area contributed by atoms with Crippen LogP contribution in [0.3, 0.4) is 0 Å². The summed E-state index contributed by atoms with van der Waals surface area (Å²) in [7, 11) is -3.32. The highest BCUT2D eigenvalue weighted by atomic mass is 35.5. The number of hydrogen-bond acceptors (Lipinski definition) is 3. The van der Waals surface area contributed by atoms with Crippen LogP contribution in [-0.2, 0) is 14.6 Å². The summed E-state index contributed by atoms with van der Waals surface area (Å²) >= 11 is 11.7. The second-order valence-electron chi connectivity index (χ2n) is 4.80. The molecule has 1 amide bonds. The van der Waals surface area contributed by atoms with E-state index in [0.29, 0.717) is 15.7 Å². The summed E-state index contributed by atoms with van der Waals surface area (Å²) in [5.41, 5.74) is 1.12. The lowest BCUT2D eigenvalue weighted by molar-refractivity contribution is -0.111.